The van der Waals surface area contributed by atoms with E-state index in [0.717, 1.165) is 59.4 Å². The number of likely N-dealkylation sites (tertiary alicyclic amines) is 1. The standard InChI is InChI=1S/C36H45N3O6/c40-25-26-11-13-29(14-12-26)33-22-32(24-39-19-4-1-5-20-39)44-36(45-33)30-17-15-28(16-18-30)31-8-6-7-27(21-31)23-37-34(41)9-2-3-10-35(42)38-43/h6-8,11-18,21,32-33,36,40,43H,1-5,9-10,19-20,22-25H2,(H,37,41)(H,38,42)/t32-,33+,36+/m0/s1. The number of aliphatic hydroxyl groups excluding tert-OH is 1. The largest absolute Gasteiger partial charge is 0.392 e. The molecule has 45 heavy (non-hydrogen) atoms. The maximum Gasteiger partial charge on any atom is 0.243 e. The molecule has 2 aliphatic heterocycles. The van der Waals surface area contributed by atoms with Crippen LogP contribution in [0.5, 0.6) is 0 Å². The molecule has 5 rings (SSSR count). The van der Waals surface area contributed by atoms with Crippen molar-refractivity contribution < 1.29 is 29.4 Å². The van der Waals surface area contributed by atoms with E-state index in [0.29, 0.717) is 25.8 Å². The molecule has 3 atom stereocenters. The Balaban J connectivity index is 1.21. The third-order valence-electron chi connectivity index (χ3n) is 8.64. The third-order valence-corrected chi connectivity index (χ3v) is 8.64. The Labute approximate surface area is 265 Å². The van der Waals surface area contributed by atoms with Gasteiger partial charge in [-0.2, -0.15) is 0 Å². The van der Waals surface area contributed by atoms with Gasteiger partial charge in [-0.25, -0.2) is 5.48 Å². The van der Waals surface area contributed by atoms with Crippen molar-refractivity contribution in [2.24, 2.45) is 0 Å². The minimum Gasteiger partial charge on any atom is -0.392 e. The molecule has 0 aliphatic carbocycles. The van der Waals surface area contributed by atoms with E-state index in [1.807, 2.05) is 36.4 Å². The number of amides is 2. The van der Waals surface area contributed by atoms with E-state index >= 15 is 0 Å². The molecule has 0 saturated carbocycles. The summed E-state index contributed by atoms with van der Waals surface area (Å²) in [5, 5.41) is 21.0. The number of benzene rings is 3. The number of hydrogen-bond acceptors (Lipinski definition) is 7. The topological polar surface area (TPSA) is 120 Å². The highest BCUT2D eigenvalue weighted by Crippen LogP contribution is 2.39. The smallest absolute Gasteiger partial charge is 0.243 e. The molecule has 0 spiro atoms. The van der Waals surface area contributed by atoms with Crippen molar-refractivity contribution in [1.29, 1.82) is 0 Å². The lowest BCUT2D eigenvalue weighted by Gasteiger charge is -2.39. The van der Waals surface area contributed by atoms with Crippen molar-refractivity contribution >= 4 is 11.8 Å². The molecule has 0 unspecified atom stereocenters. The van der Waals surface area contributed by atoms with E-state index in [4.69, 9.17) is 14.7 Å². The molecular weight excluding hydrogens is 570 g/mol. The number of carbonyl (C=O) groups is 2. The van der Waals surface area contributed by atoms with Crippen molar-refractivity contribution in [1.82, 2.24) is 15.7 Å². The highest BCUT2D eigenvalue weighted by molar-refractivity contribution is 5.76. The first-order valence-electron chi connectivity index (χ1n) is 16.1. The lowest BCUT2D eigenvalue weighted by Crippen LogP contribution is -2.41. The Morgan fingerprint density at radius 1 is 0.800 bits per heavy atom. The minimum absolute atomic E-state index is 0.0219. The van der Waals surface area contributed by atoms with Gasteiger partial charge in [0.05, 0.1) is 18.8 Å². The molecule has 3 aromatic rings. The van der Waals surface area contributed by atoms with Crippen LogP contribution in [-0.4, -0.2) is 52.8 Å². The van der Waals surface area contributed by atoms with Gasteiger partial charge in [0, 0.05) is 37.9 Å². The van der Waals surface area contributed by atoms with Crippen molar-refractivity contribution in [3.63, 3.8) is 0 Å². The molecule has 9 nitrogen and oxygen atoms in total. The first-order valence-corrected chi connectivity index (χ1v) is 16.1. The molecule has 2 aliphatic rings. The Bertz CT molecular complexity index is 1370. The number of carbonyl (C=O) groups excluding carboxylic acids is 2. The van der Waals surface area contributed by atoms with Crippen LogP contribution in [0.25, 0.3) is 11.1 Å². The van der Waals surface area contributed by atoms with Gasteiger partial charge in [-0.15, -0.1) is 0 Å². The number of unbranched alkanes of at least 4 members (excludes halogenated alkanes) is 1. The van der Waals surface area contributed by atoms with Crippen LogP contribution in [0.3, 0.4) is 0 Å². The lowest BCUT2D eigenvalue weighted by molar-refractivity contribution is -0.253. The summed E-state index contributed by atoms with van der Waals surface area (Å²) in [6.45, 7) is 3.57. The molecule has 240 valence electrons. The summed E-state index contributed by atoms with van der Waals surface area (Å²) < 4.78 is 13.1. The summed E-state index contributed by atoms with van der Waals surface area (Å²) in [6.07, 6.45) is 5.68. The van der Waals surface area contributed by atoms with Gasteiger partial charge in [-0.1, -0.05) is 73.2 Å². The zero-order valence-electron chi connectivity index (χ0n) is 25.8. The Morgan fingerprint density at radius 2 is 1.51 bits per heavy atom. The lowest BCUT2D eigenvalue weighted by atomic mass is 9.98. The quantitative estimate of drug-likeness (QED) is 0.113. The summed E-state index contributed by atoms with van der Waals surface area (Å²) in [4.78, 5) is 25.9. The SMILES string of the molecule is O=C(CCCCC(=O)NCc1cccc(-c2ccc([C@@H]3O[C@H](CN4CCCCC4)C[C@H](c4ccc(CO)cc4)O3)cc2)c1)NO. The van der Waals surface area contributed by atoms with Crippen molar-refractivity contribution in [2.75, 3.05) is 19.6 Å². The van der Waals surface area contributed by atoms with Gasteiger partial charge in [-0.05, 0) is 72.7 Å². The number of nitrogens with one attached hydrogen (secondary N) is 2. The molecule has 9 heteroatoms. The average Bonchev–Trinajstić information content (AvgIpc) is 3.09. The van der Waals surface area contributed by atoms with E-state index in [1.165, 1.54) is 19.3 Å². The Kier molecular flexibility index (Phi) is 12.1. The van der Waals surface area contributed by atoms with Gasteiger partial charge in [0.2, 0.25) is 11.8 Å². The molecule has 2 saturated heterocycles. The molecule has 2 heterocycles. The molecular formula is C36H45N3O6. The summed E-state index contributed by atoms with van der Waals surface area (Å²) in [7, 11) is 0. The van der Waals surface area contributed by atoms with Gasteiger partial charge in [0.15, 0.2) is 6.29 Å². The second-order valence-electron chi connectivity index (χ2n) is 12.1. The van der Waals surface area contributed by atoms with Gasteiger partial charge < -0.3 is 24.8 Å². The number of piperidine rings is 1. The maximum atomic E-state index is 12.3. The summed E-state index contributed by atoms with van der Waals surface area (Å²) in [5.74, 6) is -0.506. The van der Waals surface area contributed by atoms with Gasteiger partial charge in [-0.3, -0.25) is 14.8 Å². The predicted molar refractivity (Wildman–Crippen MR) is 171 cm³/mol. The number of aliphatic hydroxyl groups is 1. The summed E-state index contributed by atoms with van der Waals surface area (Å²) >= 11 is 0. The van der Waals surface area contributed by atoms with Crippen LogP contribution < -0.4 is 10.8 Å². The summed E-state index contributed by atoms with van der Waals surface area (Å²) in [5.41, 5.74) is 7.67. The van der Waals surface area contributed by atoms with Crippen molar-refractivity contribution in [2.45, 2.75) is 83.0 Å². The van der Waals surface area contributed by atoms with Gasteiger partial charge in [0.1, 0.15) is 0 Å². The Morgan fingerprint density at radius 3 is 2.22 bits per heavy atom. The zero-order valence-corrected chi connectivity index (χ0v) is 25.8. The second kappa shape index (κ2) is 16.6. The maximum absolute atomic E-state index is 12.3. The second-order valence-corrected chi connectivity index (χ2v) is 12.1. The molecule has 0 radical (unpaired) electrons. The minimum atomic E-state index is -0.482. The monoisotopic (exact) mass is 615 g/mol. The van der Waals surface area contributed by atoms with Crippen LogP contribution in [0.2, 0.25) is 0 Å². The Hall–Kier alpha value is -3.60. The normalized spacial score (nSPS) is 20.4. The van der Waals surface area contributed by atoms with Crippen molar-refractivity contribution in [3.05, 3.63) is 95.1 Å². The fourth-order valence-corrected chi connectivity index (χ4v) is 6.07. The fraction of sp³-hybridized carbons (Fsp3) is 0.444. The zero-order chi connectivity index (χ0) is 31.4. The number of hydrogen-bond donors (Lipinski definition) is 4. The number of hydroxylamine groups is 1. The predicted octanol–water partition coefficient (Wildman–Crippen LogP) is 5.56. The molecule has 2 amide bonds. The highest BCUT2D eigenvalue weighted by Gasteiger charge is 2.33. The third kappa shape index (κ3) is 9.69. The highest BCUT2D eigenvalue weighted by atomic mass is 16.7. The van der Waals surface area contributed by atoms with E-state index in [1.54, 1.807) is 5.48 Å². The van der Waals surface area contributed by atoms with Gasteiger partial charge >= 0.3 is 0 Å². The van der Waals surface area contributed by atoms with E-state index in [-0.39, 0.29) is 31.1 Å². The van der Waals surface area contributed by atoms with E-state index < -0.39 is 12.2 Å². The molecule has 0 aromatic heterocycles. The molecule has 4 N–H and O–H groups in total. The van der Waals surface area contributed by atoms with Crippen LogP contribution in [-0.2, 0) is 32.2 Å². The van der Waals surface area contributed by atoms with Crippen LogP contribution in [0.15, 0.2) is 72.8 Å². The first kappa shape index (κ1) is 32.8. The van der Waals surface area contributed by atoms with Gasteiger partial charge in [0.25, 0.3) is 0 Å². The van der Waals surface area contributed by atoms with Crippen molar-refractivity contribution in [3.8, 4) is 11.1 Å². The fourth-order valence-electron chi connectivity index (χ4n) is 6.07. The average molecular weight is 616 g/mol. The van der Waals surface area contributed by atoms with E-state index in [2.05, 4.69) is 46.6 Å². The number of rotatable bonds is 13. The molecule has 0 bridgehead atoms. The molecule has 2 fully saturated rings. The van der Waals surface area contributed by atoms with Crippen LogP contribution in [0.4, 0.5) is 0 Å². The van der Waals surface area contributed by atoms with E-state index in [9.17, 15) is 14.7 Å². The molecule has 3 aromatic carbocycles. The van der Waals surface area contributed by atoms with Crippen LogP contribution in [0.1, 0.15) is 86.0 Å². The number of ether oxygens (including phenoxy) is 2. The summed E-state index contributed by atoms with van der Waals surface area (Å²) in [6, 6.07) is 24.4. The number of nitrogens with zero attached hydrogens (tertiary/aromatic N) is 1. The van der Waals surface area contributed by atoms with Crippen LogP contribution in [0, 0.1) is 0 Å². The first-order chi connectivity index (χ1) is 22.0. The van der Waals surface area contributed by atoms with Crippen LogP contribution >= 0.6 is 0 Å².